The fraction of sp³-hybridized carbons (Fsp3) is 0.316. The van der Waals surface area contributed by atoms with Crippen molar-refractivity contribution in [3.05, 3.63) is 60.2 Å². The average Bonchev–Trinajstić information content (AvgIpc) is 3.07. The topological polar surface area (TPSA) is 59.7 Å². The molecule has 25 heavy (non-hydrogen) atoms. The molecule has 0 aliphatic rings. The zero-order chi connectivity index (χ0) is 17.8. The molecule has 2 aromatic heterocycles. The van der Waals surface area contributed by atoms with Crippen LogP contribution in [-0.2, 0) is 6.42 Å². The van der Waals surface area contributed by atoms with Gasteiger partial charge in [-0.3, -0.25) is 9.20 Å². The first-order valence-corrected chi connectivity index (χ1v) is 8.36. The normalized spacial score (nSPS) is 12.1. The Morgan fingerprint density at radius 3 is 2.72 bits per heavy atom. The Hall–Kier alpha value is -2.89. The third-order valence-corrected chi connectivity index (χ3v) is 4.28. The number of aromatic nitrogens is 3. The highest BCUT2D eigenvalue weighted by Gasteiger charge is 2.22. The molecular weight excluding hydrogens is 316 g/mol. The lowest BCUT2D eigenvalue weighted by atomic mass is 10.1. The van der Waals surface area contributed by atoms with E-state index in [0.29, 0.717) is 18.0 Å². The predicted octanol–water partition coefficient (Wildman–Crippen LogP) is 2.83. The second kappa shape index (κ2) is 7.34. The van der Waals surface area contributed by atoms with Crippen LogP contribution >= 0.6 is 0 Å². The van der Waals surface area contributed by atoms with Gasteiger partial charge in [-0.25, -0.2) is 9.97 Å². The maximum atomic E-state index is 12.9. The van der Waals surface area contributed by atoms with Crippen molar-refractivity contribution in [3.8, 4) is 5.75 Å². The van der Waals surface area contributed by atoms with E-state index in [0.717, 1.165) is 17.7 Å². The molecule has 0 N–H and O–H groups in total. The van der Waals surface area contributed by atoms with Gasteiger partial charge in [0.2, 0.25) is 5.78 Å². The first-order chi connectivity index (χ1) is 12.1. The van der Waals surface area contributed by atoms with Gasteiger partial charge in [-0.1, -0.05) is 12.1 Å². The fourth-order valence-corrected chi connectivity index (χ4v) is 2.95. The van der Waals surface area contributed by atoms with E-state index in [4.69, 9.17) is 4.74 Å². The zero-order valence-corrected chi connectivity index (χ0v) is 14.7. The van der Waals surface area contributed by atoms with E-state index in [-0.39, 0.29) is 11.9 Å². The SMILES string of the molecule is CCN(C(=O)c1cn2cccnc2n1)[C@H](C)Cc1ccc(OC)cc1. The van der Waals surface area contributed by atoms with E-state index < -0.39 is 0 Å². The first kappa shape index (κ1) is 17.0. The summed E-state index contributed by atoms with van der Waals surface area (Å²) in [5.41, 5.74) is 1.58. The summed E-state index contributed by atoms with van der Waals surface area (Å²) in [6.45, 7) is 4.66. The Morgan fingerprint density at radius 2 is 2.08 bits per heavy atom. The minimum Gasteiger partial charge on any atom is -0.497 e. The molecule has 1 aromatic carbocycles. The number of ether oxygens (including phenoxy) is 1. The van der Waals surface area contributed by atoms with Crippen LogP contribution in [0.2, 0.25) is 0 Å². The molecule has 0 saturated carbocycles. The fourth-order valence-electron chi connectivity index (χ4n) is 2.95. The molecule has 3 aromatic rings. The summed E-state index contributed by atoms with van der Waals surface area (Å²) >= 11 is 0. The van der Waals surface area contributed by atoms with Crippen LogP contribution in [0.25, 0.3) is 5.78 Å². The standard InChI is InChI=1S/C19H22N4O2/c1-4-23(14(2)12-15-6-8-16(25-3)9-7-15)18(24)17-13-22-11-5-10-20-19(22)21-17/h5-11,13-14H,4,12H2,1-3H3/t14-/m1/s1. The van der Waals surface area contributed by atoms with Crippen molar-refractivity contribution >= 4 is 11.7 Å². The van der Waals surface area contributed by atoms with Crippen molar-refractivity contribution < 1.29 is 9.53 Å². The summed E-state index contributed by atoms with van der Waals surface area (Å²) in [6, 6.07) is 9.81. The Kier molecular flexibility index (Phi) is 4.97. The minimum absolute atomic E-state index is 0.0590. The van der Waals surface area contributed by atoms with Crippen molar-refractivity contribution in [1.82, 2.24) is 19.3 Å². The number of amides is 1. The number of likely N-dealkylation sites (N-methyl/N-ethyl adjacent to an activating group) is 1. The van der Waals surface area contributed by atoms with Gasteiger partial charge in [0.15, 0.2) is 0 Å². The summed E-state index contributed by atoms with van der Waals surface area (Å²) in [4.78, 5) is 23.2. The van der Waals surface area contributed by atoms with E-state index in [9.17, 15) is 4.79 Å². The highest BCUT2D eigenvalue weighted by Crippen LogP contribution is 2.16. The van der Waals surface area contributed by atoms with Crippen LogP contribution in [0.15, 0.2) is 48.9 Å². The van der Waals surface area contributed by atoms with Gasteiger partial charge in [0, 0.05) is 31.2 Å². The maximum absolute atomic E-state index is 12.9. The second-order valence-electron chi connectivity index (χ2n) is 5.95. The summed E-state index contributed by atoms with van der Waals surface area (Å²) in [6.07, 6.45) is 6.01. The molecule has 0 fully saturated rings. The average molecular weight is 338 g/mol. The molecule has 0 unspecified atom stereocenters. The molecule has 0 spiro atoms. The molecule has 130 valence electrons. The van der Waals surface area contributed by atoms with Crippen molar-refractivity contribution in [1.29, 1.82) is 0 Å². The third kappa shape index (κ3) is 3.63. The Morgan fingerprint density at radius 1 is 1.32 bits per heavy atom. The number of nitrogens with zero attached hydrogens (tertiary/aromatic N) is 4. The number of hydrogen-bond donors (Lipinski definition) is 0. The maximum Gasteiger partial charge on any atom is 0.274 e. The number of benzene rings is 1. The highest BCUT2D eigenvalue weighted by atomic mass is 16.5. The van der Waals surface area contributed by atoms with Crippen molar-refractivity contribution in [2.75, 3.05) is 13.7 Å². The van der Waals surface area contributed by atoms with Crippen LogP contribution in [-0.4, -0.2) is 44.9 Å². The quantitative estimate of drug-likeness (QED) is 0.693. The van der Waals surface area contributed by atoms with Crippen molar-refractivity contribution in [2.24, 2.45) is 0 Å². The Labute approximate surface area is 147 Å². The molecule has 2 heterocycles. The Bertz CT molecular complexity index is 824. The molecule has 6 heteroatoms. The number of hydrogen-bond acceptors (Lipinski definition) is 4. The molecule has 0 saturated heterocycles. The van der Waals surface area contributed by atoms with E-state index in [1.807, 2.05) is 48.4 Å². The summed E-state index contributed by atoms with van der Waals surface area (Å²) in [5.74, 6) is 1.29. The van der Waals surface area contributed by atoms with Gasteiger partial charge in [-0.15, -0.1) is 0 Å². The number of fused-ring (bicyclic) bond motifs is 1. The summed E-state index contributed by atoms with van der Waals surface area (Å²) < 4.78 is 6.95. The molecular formula is C19H22N4O2. The molecule has 0 aliphatic heterocycles. The van der Waals surface area contributed by atoms with Crippen LogP contribution in [0, 0.1) is 0 Å². The van der Waals surface area contributed by atoms with Crippen LogP contribution in [0.1, 0.15) is 29.9 Å². The number of methoxy groups -OCH3 is 1. The van der Waals surface area contributed by atoms with E-state index >= 15 is 0 Å². The second-order valence-corrected chi connectivity index (χ2v) is 5.95. The van der Waals surface area contributed by atoms with Gasteiger partial charge in [0.25, 0.3) is 5.91 Å². The van der Waals surface area contributed by atoms with Crippen LogP contribution in [0.5, 0.6) is 5.75 Å². The van der Waals surface area contributed by atoms with Gasteiger partial charge in [0.1, 0.15) is 11.4 Å². The lowest BCUT2D eigenvalue weighted by Crippen LogP contribution is -2.39. The minimum atomic E-state index is -0.0750. The van der Waals surface area contributed by atoms with Gasteiger partial charge < -0.3 is 9.64 Å². The number of carbonyl (C=O) groups excluding carboxylic acids is 1. The van der Waals surface area contributed by atoms with Crippen molar-refractivity contribution in [2.45, 2.75) is 26.3 Å². The summed E-state index contributed by atoms with van der Waals surface area (Å²) in [5, 5.41) is 0. The molecule has 0 bridgehead atoms. The monoisotopic (exact) mass is 338 g/mol. The van der Waals surface area contributed by atoms with E-state index in [1.54, 1.807) is 23.9 Å². The van der Waals surface area contributed by atoms with E-state index in [2.05, 4.69) is 16.9 Å². The molecule has 1 atom stereocenters. The number of carbonyl (C=O) groups is 1. The van der Waals surface area contributed by atoms with Gasteiger partial charge in [0.05, 0.1) is 7.11 Å². The largest absolute Gasteiger partial charge is 0.497 e. The highest BCUT2D eigenvalue weighted by molar-refractivity contribution is 5.93. The molecule has 0 radical (unpaired) electrons. The number of rotatable bonds is 6. The molecule has 1 amide bonds. The third-order valence-electron chi connectivity index (χ3n) is 4.28. The van der Waals surface area contributed by atoms with Gasteiger partial charge >= 0.3 is 0 Å². The molecule has 3 rings (SSSR count). The first-order valence-electron chi connectivity index (χ1n) is 8.36. The predicted molar refractivity (Wildman–Crippen MR) is 95.9 cm³/mol. The number of imidazole rings is 1. The smallest absolute Gasteiger partial charge is 0.274 e. The van der Waals surface area contributed by atoms with Crippen LogP contribution in [0.4, 0.5) is 0 Å². The summed E-state index contributed by atoms with van der Waals surface area (Å²) in [7, 11) is 1.65. The Balaban J connectivity index is 1.76. The lowest BCUT2D eigenvalue weighted by molar-refractivity contribution is 0.0698. The molecule has 0 aliphatic carbocycles. The lowest BCUT2D eigenvalue weighted by Gasteiger charge is -2.27. The van der Waals surface area contributed by atoms with Gasteiger partial charge in [-0.2, -0.15) is 0 Å². The molecule has 6 nitrogen and oxygen atoms in total. The van der Waals surface area contributed by atoms with Crippen LogP contribution < -0.4 is 4.74 Å². The van der Waals surface area contributed by atoms with Crippen LogP contribution in [0.3, 0.4) is 0 Å². The zero-order valence-electron chi connectivity index (χ0n) is 14.7. The van der Waals surface area contributed by atoms with Crippen molar-refractivity contribution in [3.63, 3.8) is 0 Å². The van der Waals surface area contributed by atoms with E-state index in [1.165, 1.54) is 0 Å². The van der Waals surface area contributed by atoms with Gasteiger partial charge in [-0.05, 0) is 44.0 Å².